The van der Waals surface area contributed by atoms with Gasteiger partial charge in [0.25, 0.3) is 0 Å². The molecule has 0 saturated heterocycles. The molecule has 2 rings (SSSR count). The zero-order chi connectivity index (χ0) is 11.7. The average molecular weight is 217 g/mol. The van der Waals surface area contributed by atoms with E-state index in [0.717, 1.165) is 16.5 Å². The molecule has 16 heavy (non-hydrogen) atoms. The molecule has 0 unspecified atom stereocenters. The predicted molar refractivity (Wildman–Crippen MR) is 59.8 cm³/mol. The first-order valence-electron chi connectivity index (χ1n) is 4.83. The number of carbonyl (C=O) groups excluding carboxylic acids is 2. The third kappa shape index (κ3) is 1.48. The summed E-state index contributed by atoms with van der Waals surface area (Å²) >= 11 is 0. The van der Waals surface area contributed by atoms with Crippen molar-refractivity contribution in [2.75, 3.05) is 7.11 Å². The maximum absolute atomic E-state index is 11.4. The number of H-pyrrole nitrogens is 1. The monoisotopic (exact) mass is 217 g/mol. The topological polar surface area (TPSA) is 59.2 Å². The first-order valence-corrected chi connectivity index (χ1v) is 4.83. The molecular weight excluding hydrogens is 206 g/mol. The van der Waals surface area contributed by atoms with Gasteiger partial charge in [0.05, 0.1) is 12.7 Å². The number of methoxy groups -OCH3 is 1. The van der Waals surface area contributed by atoms with Gasteiger partial charge in [0.1, 0.15) is 5.69 Å². The molecule has 4 heteroatoms. The quantitative estimate of drug-likeness (QED) is 0.618. The number of aldehydes is 1. The van der Waals surface area contributed by atoms with Crippen molar-refractivity contribution in [1.82, 2.24) is 4.98 Å². The van der Waals surface area contributed by atoms with Crippen molar-refractivity contribution < 1.29 is 14.3 Å². The van der Waals surface area contributed by atoms with Gasteiger partial charge < -0.3 is 9.72 Å². The Morgan fingerprint density at radius 1 is 1.44 bits per heavy atom. The van der Waals surface area contributed by atoms with Crippen molar-refractivity contribution in [3.63, 3.8) is 0 Å². The van der Waals surface area contributed by atoms with Gasteiger partial charge >= 0.3 is 5.97 Å². The summed E-state index contributed by atoms with van der Waals surface area (Å²) in [7, 11) is 1.29. The molecule has 1 aromatic heterocycles. The van der Waals surface area contributed by atoms with E-state index in [9.17, 15) is 9.59 Å². The number of rotatable bonds is 2. The first-order chi connectivity index (χ1) is 7.67. The van der Waals surface area contributed by atoms with Gasteiger partial charge in [-0.25, -0.2) is 4.79 Å². The molecule has 0 aliphatic carbocycles. The van der Waals surface area contributed by atoms with Crippen LogP contribution in [0.25, 0.3) is 10.9 Å². The Balaban J connectivity index is 2.76. The summed E-state index contributed by atoms with van der Waals surface area (Å²) in [6.45, 7) is 1.93. The second-order valence-electron chi connectivity index (χ2n) is 3.57. The molecule has 1 aromatic carbocycles. The molecule has 1 heterocycles. The molecule has 0 bridgehead atoms. The summed E-state index contributed by atoms with van der Waals surface area (Å²) in [5, 5.41) is 0.746. The Morgan fingerprint density at radius 3 is 2.81 bits per heavy atom. The summed E-state index contributed by atoms with van der Waals surface area (Å²) in [4.78, 5) is 25.3. The highest BCUT2D eigenvalue weighted by atomic mass is 16.5. The highest BCUT2D eigenvalue weighted by Gasteiger charge is 2.17. The Morgan fingerprint density at radius 2 is 2.19 bits per heavy atom. The van der Waals surface area contributed by atoms with Crippen LogP contribution in [0.5, 0.6) is 0 Å². The van der Waals surface area contributed by atoms with E-state index in [1.807, 2.05) is 25.1 Å². The molecule has 2 aromatic rings. The van der Waals surface area contributed by atoms with Crippen molar-refractivity contribution in [1.29, 1.82) is 0 Å². The van der Waals surface area contributed by atoms with Gasteiger partial charge in [-0.15, -0.1) is 0 Å². The van der Waals surface area contributed by atoms with Gasteiger partial charge in [-0.3, -0.25) is 4.79 Å². The molecule has 0 saturated carbocycles. The molecule has 1 N–H and O–H groups in total. The van der Waals surface area contributed by atoms with Crippen molar-refractivity contribution in [2.24, 2.45) is 0 Å². The van der Waals surface area contributed by atoms with Crippen molar-refractivity contribution in [3.05, 3.63) is 35.0 Å². The van der Waals surface area contributed by atoms with E-state index in [-0.39, 0.29) is 5.69 Å². The molecule has 0 atom stereocenters. The van der Waals surface area contributed by atoms with Crippen LogP contribution in [0.4, 0.5) is 0 Å². The number of hydrogen-bond acceptors (Lipinski definition) is 3. The second kappa shape index (κ2) is 3.81. The van der Waals surface area contributed by atoms with E-state index in [4.69, 9.17) is 0 Å². The van der Waals surface area contributed by atoms with Gasteiger partial charge in [-0.2, -0.15) is 0 Å². The SMILES string of the molecule is COC(=O)c1[nH]c2ccc(C)cc2c1C=O. The minimum atomic E-state index is -0.532. The van der Waals surface area contributed by atoms with E-state index in [1.165, 1.54) is 7.11 Å². The highest BCUT2D eigenvalue weighted by Crippen LogP contribution is 2.22. The molecule has 0 aliphatic rings. The molecule has 4 nitrogen and oxygen atoms in total. The Labute approximate surface area is 92.2 Å². The summed E-state index contributed by atoms with van der Waals surface area (Å²) in [5.41, 5.74) is 2.35. The Bertz CT molecular complexity index is 569. The number of aromatic amines is 1. The fourth-order valence-corrected chi connectivity index (χ4v) is 1.71. The number of hydrogen-bond donors (Lipinski definition) is 1. The maximum Gasteiger partial charge on any atom is 0.355 e. The Hall–Kier alpha value is -2.10. The van der Waals surface area contributed by atoms with Crippen LogP contribution in [0, 0.1) is 6.92 Å². The lowest BCUT2D eigenvalue weighted by molar-refractivity contribution is 0.0593. The minimum absolute atomic E-state index is 0.207. The third-order valence-corrected chi connectivity index (χ3v) is 2.50. The zero-order valence-corrected chi connectivity index (χ0v) is 9.03. The number of benzene rings is 1. The van der Waals surface area contributed by atoms with Gasteiger partial charge in [-0.05, 0) is 19.1 Å². The van der Waals surface area contributed by atoms with Crippen LogP contribution in [-0.2, 0) is 4.74 Å². The number of esters is 1. The smallest absolute Gasteiger partial charge is 0.355 e. The minimum Gasteiger partial charge on any atom is -0.464 e. The number of ether oxygens (including phenoxy) is 1. The lowest BCUT2D eigenvalue weighted by Crippen LogP contribution is -2.04. The van der Waals surface area contributed by atoms with Crippen LogP contribution in [0.15, 0.2) is 18.2 Å². The van der Waals surface area contributed by atoms with Crippen LogP contribution in [0.2, 0.25) is 0 Å². The van der Waals surface area contributed by atoms with E-state index < -0.39 is 5.97 Å². The molecule has 0 aliphatic heterocycles. The molecule has 0 radical (unpaired) electrons. The van der Waals surface area contributed by atoms with E-state index in [0.29, 0.717) is 11.8 Å². The van der Waals surface area contributed by atoms with E-state index in [1.54, 1.807) is 0 Å². The van der Waals surface area contributed by atoms with Crippen LogP contribution in [0.3, 0.4) is 0 Å². The van der Waals surface area contributed by atoms with Crippen molar-refractivity contribution >= 4 is 23.2 Å². The molecule has 0 fully saturated rings. The molecule has 0 amide bonds. The average Bonchev–Trinajstić information content (AvgIpc) is 2.65. The van der Waals surface area contributed by atoms with Gasteiger partial charge in [-0.1, -0.05) is 11.6 Å². The van der Waals surface area contributed by atoms with Crippen molar-refractivity contribution in [2.45, 2.75) is 6.92 Å². The number of aromatic nitrogens is 1. The van der Waals surface area contributed by atoms with Crippen LogP contribution >= 0.6 is 0 Å². The lowest BCUT2D eigenvalue weighted by atomic mass is 10.1. The number of carbonyl (C=O) groups is 2. The molecular formula is C12H11NO3. The summed E-state index contributed by atoms with van der Waals surface area (Å²) in [6, 6.07) is 5.61. The summed E-state index contributed by atoms with van der Waals surface area (Å²) in [5.74, 6) is -0.532. The van der Waals surface area contributed by atoms with Gasteiger partial charge in [0.2, 0.25) is 0 Å². The summed E-state index contributed by atoms with van der Waals surface area (Å²) in [6.07, 6.45) is 0.671. The van der Waals surface area contributed by atoms with E-state index >= 15 is 0 Å². The fraction of sp³-hybridized carbons (Fsp3) is 0.167. The first kappa shape index (κ1) is 10.4. The van der Waals surface area contributed by atoms with Gasteiger partial charge in [0.15, 0.2) is 6.29 Å². The fourth-order valence-electron chi connectivity index (χ4n) is 1.71. The highest BCUT2D eigenvalue weighted by molar-refractivity contribution is 6.08. The third-order valence-electron chi connectivity index (χ3n) is 2.50. The van der Waals surface area contributed by atoms with Gasteiger partial charge in [0, 0.05) is 10.9 Å². The van der Waals surface area contributed by atoms with Crippen LogP contribution in [0.1, 0.15) is 26.4 Å². The standard InChI is InChI=1S/C12H11NO3/c1-7-3-4-10-8(5-7)9(6-14)11(13-10)12(15)16-2/h3-6,13H,1-2H3. The number of nitrogens with one attached hydrogen (secondary N) is 1. The Kier molecular flexibility index (Phi) is 2.48. The largest absolute Gasteiger partial charge is 0.464 e. The summed E-state index contributed by atoms with van der Waals surface area (Å²) < 4.78 is 4.61. The predicted octanol–water partition coefficient (Wildman–Crippen LogP) is 2.08. The van der Waals surface area contributed by atoms with Crippen LogP contribution < -0.4 is 0 Å². The zero-order valence-electron chi connectivity index (χ0n) is 9.03. The normalized spacial score (nSPS) is 10.4. The number of aryl methyl sites for hydroxylation is 1. The molecule has 0 spiro atoms. The number of fused-ring (bicyclic) bond motifs is 1. The van der Waals surface area contributed by atoms with Crippen LogP contribution in [-0.4, -0.2) is 24.3 Å². The van der Waals surface area contributed by atoms with E-state index in [2.05, 4.69) is 9.72 Å². The lowest BCUT2D eigenvalue weighted by Gasteiger charge is -1.95. The maximum atomic E-state index is 11.4. The molecule has 82 valence electrons. The van der Waals surface area contributed by atoms with Crippen molar-refractivity contribution in [3.8, 4) is 0 Å². The second-order valence-corrected chi connectivity index (χ2v) is 3.57.